The third-order valence-corrected chi connectivity index (χ3v) is 4.79. The Labute approximate surface area is 178 Å². The Hall–Kier alpha value is -3.37. The second kappa shape index (κ2) is 11.0. The molecule has 0 radical (unpaired) electrons. The van der Waals surface area contributed by atoms with Crippen molar-refractivity contribution in [3.8, 4) is 5.75 Å². The van der Waals surface area contributed by atoms with E-state index in [0.717, 1.165) is 40.4 Å². The van der Waals surface area contributed by atoms with Gasteiger partial charge in [-0.15, -0.1) is 0 Å². The van der Waals surface area contributed by atoms with Crippen LogP contribution in [0.15, 0.2) is 91.5 Å². The van der Waals surface area contributed by atoms with E-state index in [1.165, 1.54) is 5.56 Å². The van der Waals surface area contributed by atoms with Gasteiger partial charge in [0.2, 0.25) is 0 Å². The lowest BCUT2D eigenvalue weighted by Gasteiger charge is -2.16. The molecule has 0 fully saturated rings. The summed E-state index contributed by atoms with van der Waals surface area (Å²) in [7, 11) is 2.03. The Morgan fingerprint density at radius 3 is 2.40 bits per heavy atom. The molecule has 1 atom stereocenters. The molecule has 0 aliphatic heterocycles. The molecule has 0 bridgehead atoms. The van der Waals surface area contributed by atoms with Crippen molar-refractivity contribution in [3.05, 3.63) is 108 Å². The summed E-state index contributed by atoms with van der Waals surface area (Å²) in [6.07, 6.45) is 2.52. The molecule has 0 aliphatic carbocycles. The summed E-state index contributed by atoms with van der Waals surface area (Å²) in [5, 5.41) is 3.09. The van der Waals surface area contributed by atoms with Gasteiger partial charge in [-0.2, -0.15) is 0 Å². The first-order valence-corrected chi connectivity index (χ1v) is 10.2. The van der Waals surface area contributed by atoms with Crippen LogP contribution >= 0.6 is 0 Å². The number of hydrogen-bond acceptors (Lipinski definition) is 2. The average Bonchev–Trinajstić information content (AvgIpc) is 2.75. The van der Waals surface area contributed by atoms with Crippen molar-refractivity contribution in [1.82, 2.24) is 0 Å². The number of carbonyl (C=O) groups is 1. The second-order valence-electron chi connectivity index (χ2n) is 7.42. The van der Waals surface area contributed by atoms with Crippen molar-refractivity contribution in [2.24, 2.45) is 0 Å². The molecule has 3 rings (SSSR count). The van der Waals surface area contributed by atoms with Crippen molar-refractivity contribution in [1.29, 1.82) is 0 Å². The minimum absolute atomic E-state index is 0.0129. The van der Waals surface area contributed by atoms with Gasteiger partial charge >= 0.3 is 0 Å². The van der Waals surface area contributed by atoms with Gasteiger partial charge in [0, 0.05) is 11.3 Å². The fourth-order valence-corrected chi connectivity index (χ4v) is 3.35. The Bertz CT molecular complexity index is 952. The number of likely N-dealkylation sites (N-methyl/N-ethyl adjacent to an activating group) is 1. The Balaban J connectivity index is 1.54. The molecule has 3 aromatic carbocycles. The van der Waals surface area contributed by atoms with Crippen LogP contribution in [-0.2, 0) is 17.8 Å². The zero-order valence-corrected chi connectivity index (χ0v) is 17.4. The van der Waals surface area contributed by atoms with Crippen molar-refractivity contribution < 1.29 is 14.4 Å². The van der Waals surface area contributed by atoms with Crippen molar-refractivity contribution >= 4 is 11.6 Å². The van der Waals surface area contributed by atoms with Gasteiger partial charge in [0.15, 0.2) is 6.54 Å². The van der Waals surface area contributed by atoms with Crippen LogP contribution in [0, 0.1) is 0 Å². The average molecular weight is 402 g/mol. The molecule has 1 unspecified atom stereocenters. The zero-order valence-electron chi connectivity index (χ0n) is 17.4. The first-order chi connectivity index (χ1) is 14.6. The van der Waals surface area contributed by atoms with Gasteiger partial charge in [-0.1, -0.05) is 61.2 Å². The van der Waals surface area contributed by atoms with Crippen LogP contribution in [0.3, 0.4) is 0 Å². The summed E-state index contributed by atoms with van der Waals surface area (Å²) in [5.41, 5.74) is 4.38. The molecule has 0 saturated heterocycles. The van der Waals surface area contributed by atoms with Crippen molar-refractivity contribution in [2.45, 2.75) is 13.0 Å². The summed E-state index contributed by atoms with van der Waals surface area (Å²) >= 11 is 0. The van der Waals surface area contributed by atoms with Gasteiger partial charge in [0.05, 0.1) is 7.05 Å². The number of benzene rings is 3. The molecule has 1 amide bonds. The van der Waals surface area contributed by atoms with Gasteiger partial charge in [0.1, 0.15) is 18.9 Å². The number of nitrogens with one attached hydrogen (secondary N) is 2. The quantitative estimate of drug-likeness (QED) is 0.511. The molecule has 4 heteroatoms. The maximum atomic E-state index is 12.6. The highest BCUT2D eigenvalue weighted by Gasteiger charge is 2.13. The topological polar surface area (TPSA) is 42.8 Å². The van der Waals surface area contributed by atoms with Crippen LogP contribution in [0.1, 0.15) is 16.7 Å². The maximum absolute atomic E-state index is 12.6. The van der Waals surface area contributed by atoms with Gasteiger partial charge in [-0.25, -0.2) is 0 Å². The second-order valence-corrected chi connectivity index (χ2v) is 7.42. The summed E-state index contributed by atoms with van der Waals surface area (Å²) in [4.78, 5) is 13.7. The molecule has 0 saturated carbocycles. The van der Waals surface area contributed by atoms with E-state index in [0.29, 0.717) is 13.2 Å². The van der Waals surface area contributed by atoms with E-state index >= 15 is 0 Å². The van der Waals surface area contributed by atoms with Gasteiger partial charge in [-0.3, -0.25) is 4.79 Å². The molecule has 3 aromatic rings. The summed E-state index contributed by atoms with van der Waals surface area (Å²) in [5.74, 6) is 0.836. The number of anilines is 1. The number of carbonyl (C=O) groups excluding carboxylic acids is 1. The standard InChI is InChI=1S/C26H28N2O2/c1-3-17-30-24-15-13-22(14-16-24)19-28(2)20-26(29)27-25-12-8-7-11-23(25)18-21-9-5-4-6-10-21/h3-16H,1,17-20H2,2H3,(H,27,29)/p+1. The highest BCUT2D eigenvalue weighted by molar-refractivity contribution is 5.92. The van der Waals surface area contributed by atoms with Gasteiger partial charge in [0.25, 0.3) is 5.91 Å². The normalized spacial score (nSPS) is 11.5. The van der Waals surface area contributed by atoms with Crippen molar-refractivity contribution in [3.63, 3.8) is 0 Å². The monoisotopic (exact) mass is 401 g/mol. The fourth-order valence-electron chi connectivity index (χ4n) is 3.35. The maximum Gasteiger partial charge on any atom is 0.279 e. The number of quaternary nitrogens is 1. The lowest BCUT2D eigenvalue weighted by molar-refractivity contribution is -0.885. The smallest absolute Gasteiger partial charge is 0.279 e. The molecule has 0 spiro atoms. The third kappa shape index (κ3) is 6.61. The highest BCUT2D eigenvalue weighted by Crippen LogP contribution is 2.19. The van der Waals surface area contributed by atoms with Crippen LogP contribution in [-0.4, -0.2) is 26.1 Å². The molecular formula is C26H29N2O2+. The fraction of sp³-hybridized carbons (Fsp3) is 0.192. The van der Waals surface area contributed by atoms with Crippen LogP contribution in [0.25, 0.3) is 0 Å². The first kappa shape index (κ1) is 21.3. The molecule has 0 aliphatic rings. The minimum atomic E-state index is 0.0129. The largest absolute Gasteiger partial charge is 0.490 e. The van der Waals surface area contributed by atoms with Crippen molar-refractivity contribution in [2.75, 3.05) is 25.5 Å². The molecule has 4 nitrogen and oxygen atoms in total. The number of amides is 1. The summed E-state index contributed by atoms with van der Waals surface area (Å²) < 4.78 is 5.51. The van der Waals surface area contributed by atoms with Crippen LogP contribution in [0.5, 0.6) is 5.75 Å². The van der Waals surface area contributed by atoms with Crippen LogP contribution < -0.4 is 15.0 Å². The molecule has 0 heterocycles. The first-order valence-electron chi connectivity index (χ1n) is 10.2. The lowest BCUT2D eigenvalue weighted by Crippen LogP contribution is -3.08. The van der Waals surface area contributed by atoms with Gasteiger partial charge in [-0.05, 0) is 47.9 Å². The van der Waals surface area contributed by atoms with E-state index in [-0.39, 0.29) is 5.91 Å². The predicted molar refractivity (Wildman–Crippen MR) is 122 cm³/mol. The van der Waals surface area contributed by atoms with E-state index < -0.39 is 0 Å². The number of para-hydroxylation sites is 1. The molecule has 0 aromatic heterocycles. The van der Waals surface area contributed by atoms with E-state index in [2.05, 4.69) is 30.1 Å². The number of ether oxygens (including phenoxy) is 1. The number of hydrogen-bond donors (Lipinski definition) is 2. The van der Waals surface area contributed by atoms with E-state index in [1.54, 1.807) is 6.08 Å². The zero-order chi connectivity index (χ0) is 21.2. The Morgan fingerprint density at radius 1 is 0.967 bits per heavy atom. The highest BCUT2D eigenvalue weighted by atomic mass is 16.5. The van der Waals surface area contributed by atoms with E-state index in [9.17, 15) is 4.79 Å². The number of rotatable bonds is 10. The van der Waals surface area contributed by atoms with Gasteiger partial charge < -0.3 is 15.0 Å². The lowest BCUT2D eigenvalue weighted by atomic mass is 10.0. The molecular weight excluding hydrogens is 372 g/mol. The van der Waals surface area contributed by atoms with Crippen LogP contribution in [0.2, 0.25) is 0 Å². The Kier molecular flexibility index (Phi) is 7.81. The minimum Gasteiger partial charge on any atom is -0.490 e. The van der Waals surface area contributed by atoms with E-state index in [4.69, 9.17) is 4.74 Å². The Morgan fingerprint density at radius 2 is 1.67 bits per heavy atom. The molecule has 154 valence electrons. The SMILES string of the molecule is C=CCOc1ccc(C[NH+](C)CC(=O)Nc2ccccc2Cc2ccccc2)cc1. The van der Waals surface area contributed by atoms with E-state index in [1.807, 2.05) is 67.7 Å². The summed E-state index contributed by atoms with van der Waals surface area (Å²) in [6, 6.07) is 26.3. The molecule has 2 N–H and O–H groups in total. The van der Waals surface area contributed by atoms with Crippen LogP contribution in [0.4, 0.5) is 5.69 Å². The summed E-state index contributed by atoms with van der Waals surface area (Å²) in [6.45, 7) is 5.31. The third-order valence-electron chi connectivity index (χ3n) is 4.79. The predicted octanol–water partition coefficient (Wildman–Crippen LogP) is 3.50. The molecule has 30 heavy (non-hydrogen) atoms.